The summed E-state index contributed by atoms with van der Waals surface area (Å²) in [6, 6.07) is 18.0. The zero-order valence-corrected chi connectivity index (χ0v) is 30.9. The largest absolute Gasteiger partial charge is 2.00 e. The minimum Gasteiger partial charge on any atom is -0.497 e. The molecule has 0 fully saturated rings. The van der Waals surface area contributed by atoms with Crippen LogP contribution in [-0.4, -0.2) is 82.8 Å². The number of pyridine rings is 4. The molecule has 0 N–H and O–H groups in total. The smallest absolute Gasteiger partial charge is 0.497 e. The predicted octanol–water partition coefficient (Wildman–Crippen LogP) is 7.85. The Hall–Kier alpha value is -5.85. The van der Waals surface area contributed by atoms with Gasteiger partial charge in [-0.2, -0.15) is 0 Å². The van der Waals surface area contributed by atoms with Gasteiger partial charge in [-0.25, -0.2) is 19.9 Å². The summed E-state index contributed by atoms with van der Waals surface area (Å²) >= 11 is 0. The Kier molecular flexibility index (Phi) is 21.0. The number of rotatable bonds is 7. The van der Waals surface area contributed by atoms with E-state index in [1.54, 1.807) is 114 Å². The van der Waals surface area contributed by atoms with E-state index in [9.17, 15) is 34.5 Å². The first-order chi connectivity index (χ1) is 25.6. The Labute approximate surface area is 322 Å². The van der Waals surface area contributed by atoms with Crippen molar-refractivity contribution in [2.24, 2.45) is 0 Å². The van der Waals surface area contributed by atoms with Gasteiger partial charge in [0.25, 0.3) is 0 Å². The van der Waals surface area contributed by atoms with Gasteiger partial charge < -0.3 is 53.5 Å². The Morgan fingerprint density at radius 1 is 0.364 bits per heavy atom. The van der Waals surface area contributed by atoms with E-state index in [0.29, 0.717) is 11.6 Å². The van der Waals surface area contributed by atoms with Crippen LogP contribution in [0.4, 0.5) is 34.5 Å². The van der Waals surface area contributed by atoms with E-state index >= 15 is 0 Å². The van der Waals surface area contributed by atoms with Crippen molar-refractivity contribution in [3.8, 4) is 57.4 Å². The molecule has 0 saturated carbocycles. The molecular weight excluding hydrogens is 835 g/mol. The van der Waals surface area contributed by atoms with E-state index in [1.165, 1.54) is 0 Å². The van der Waals surface area contributed by atoms with Crippen LogP contribution in [0.5, 0.6) is 23.0 Å². The molecule has 0 atom stereocenters. The van der Waals surface area contributed by atoms with Gasteiger partial charge in [-0.1, -0.05) is 0 Å². The molecule has 0 aliphatic rings. The third-order valence-corrected chi connectivity index (χ3v) is 5.72. The summed E-state index contributed by atoms with van der Waals surface area (Å²) in [7, 11) is -5.51. The maximum absolute atomic E-state index is 9.75. The van der Waals surface area contributed by atoms with Gasteiger partial charge in [0, 0.05) is 73.8 Å². The minimum atomic E-state index is -6.00. The third-order valence-electron chi connectivity index (χ3n) is 5.72. The van der Waals surface area contributed by atoms with Crippen LogP contribution in [-0.2, 0) is 19.5 Å². The van der Waals surface area contributed by atoms with Crippen LogP contribution in [0.2, 0.25) is 0 Å². The van der Waals surface area contributed by atoms with Crippen molar-refractivity contribution < 1.29 is 73.0 Å². The standard InChI is InChI=1S/2C12H12N2O2.C8H6N4.2BF4.Ru/c2*1-15-9-3-5-13-11(7-9)12-8-10(16-2)4-6-14-12;1-3-9-7(10-4-1)8-11-5-2-6-12-8;2*2-1(3,4)5;/h2*3-8H,1-2H3;1-6H;;;/q;;;2*-1;+2. The van der Waals surface area contributed by atoms with Crippen LogP contribution in [0, 0.1) is 0 Å². The summed E-state index contributed by atoms with van der Waals surface area (Å²) < 4.78 is 98.5. The summed E-state index contributed by atoms with van der Waals surface area (Å²) in [5.41, 5.74) is 3.05. The number of methoxy groups -OCH3 is 4. The second-order valence-corrected chi connectivity index (χ2v) is 9.46. The number of hydrogen-bond donors (Lipinski definition) is 0. The summed E-state index contributed by atoms with van der Waals surface area (Å²) in [6.07, 6.45) is 13.4. The van der Waals surface area contributed by atoms with Gasteiger partial charge >= 0.3 is 34.0 Å². The van der Waals surface area contributed by atoms with Crippen LogP contribution in [0.15, 0.2) is 110 Å². The quantitative estimate of drug-likeness (QED) is 0.114. The van der Waals surface area contributed by atoms with Crippen molar-refractivity contribution in [3.63, 3.8) is 0 Å². The first kappa shape index (κ1) is 47.2. The molecule has 6 rings (SSSR count). The molecule has 0 bridgehead atoms. The fraction of sp³-hybridized carbons (Fsp3) is 0.125. The van der Waals surface area contributed by atoms with Gasteiger partial charge in [0.2, 0.25) is 0 Å². The second-order valence-electron chi connectivity index (χ2n) is 9.46. The van der Waals surface area contributed by atoms with Crippen molar-refractivity contribution in [3.05, 3.63) is 110 Å². The van der Waals surface area contributed by atoms with Crippen molar-refractivity contribution in [2.75, 3.05) is 28.4 Å². The number of hydrogen-bond acceptors (Lipinski definition) is 12. The van der Waals surface area contributed by atoms with Crippen molar-refractivity contribution in [2.45, 2.75) is 0 Å². The first-order valence-electron chi connectivity index (χ1n) is 14.9. The molecule has 6 aromatic rings. The van der Waals surface area contributed by atoms with Gasteiger partial charge in [0.15, 0.2) is 11.6 Å². The number of halogens is 8. The fourth-order valence-electron chi connectivity index (χ4n) is 3.54. The Morgan fingerprint density at radius 3 is 0.745 bits per heavy atom. The van der Waals surface area contributed by atoms with Crippen LogP contribution < -0.4 is 18.9 Å². The molecule has 0 unspecified atom stereocenters. The van der Waals surface area contributed by atoms with E-state index in [2.05, 4.69) is 39.9 Å². The van der Waals surface area contributed by atoms with E-state index in [-0.39, 0.29) is 19.5 Å². The third kappa shape index (κ3) is 20.8. The first-order valence-corrected chi connectivity index (χ1v) is 14.9. The fourth-order valence-corrected chi connectivity index (χ4v) is 3.54. The van der Waals surface area contributed by atoms with Gasteiger partial charge in [0.1, 0.15) is 23.0 Å². The van der Waals surface area contributed by atoms with Crippen LogP contribution in [0.1, 0.15) is 0 Å². The molecule has 6 heterocycles. The van der Waals surface area contributed by atoms with E-state index in [4.69, 9.17) is 18.9 Å². The topological polar surface area (TPSA) is 140 Å². The molecule has 23 heteroatoms. The van der Waals surface area contributed by atoms with E-state index in [0.717, 1.165) is 45.8 Å². The molecule has 0 radical (unpaired) electrons. The number of ether oxygens (including phenoxy) is 4. The molecule has 55 heavy (non-hydrogen) atoms. The SMILES string of the molecule is COc1ccnc(-c2cc(OC)ccn2)c1.COc1ccnc(-c2cc(OC)ccn2)c1.F[B-](F)(F)F.F[B-](F)(F)F.[Ru+2].c1cnc(-c2ncccn2)nc1. The van der Waals surface area contributed by atoms with Crippen LogP contribution >= 0.6 is 0 Å². The normalized spacial score (nSPS) is 10.0. The maximum atomic E-state index is 9.75. The van der Waals surface area contributed by atoms with Gasteiger partial charge in [-0.3, -0.25) is 19.9 Å². The van der Waals surface area contributed by atoms with Gasteiger partial charge in [-0.05, 0) is 36.4 Å². The summed E-state index contributed by atoms with van der Waals surface area (Å²) in [6.45, 7) is 0. The molecule has 0 amide bonds. The second kappa shape index (κ2) is 24.5. The number of aromatic nitrogens is 8. The minimum absolute atomic E-state index is 0. The molecule has 0 aromatic carbocycles. The van der Waals surface area contributed by atoms with Crippen molar-refractivity contribution >= 4 is 14.5 Å². The molecular formula is C32H30B2F8N8O4Ru. The van der Waals surface area contributed by atoms with Crippen molar-refractivity contribution in [1.82, 2.24) is 39.9 Å². The summed E-state index contributed by atoms with van der Waals surface area (Å²) in [5.74, 6) is 4.14. The molecule has 0 saturated heterocycles. The van der Waals surface area contributed by atoms with Gasteiger partial charge in [-0.15, -0.1) is 0 Å². The zero-order valence-electron chi connectivity index (χ0n) is 29.1. The Balaban J connectivity index is 0.000000367. The molecule has 0 aliphatic heterocycles. The molecule has 292 valence electrons. The maximum Gasteiger partial charge on any atom is 2.00 e. The molecule has 6 aromatic heterocycles. The monoisotopic (exact) mass is 866 g/mol. The van der Waals surface area contributed by atoms with Gasteiger partial charge in [0.05, 0.1) is 51.2 Å². The van der Waals surface area contributed by atoms with E-state index in [1.807, 2.05) is 24.3 Å². The Morgan fingerprint density at radius 2 is 0.564 bits per heavy atom. The summed E-state index contributed by atoms with van der Waals surface area (Å²) in [4.78, 5) is 33.0. The predicted molar refractivity (Wildman–Crippen MR) is 185 cm³/mol. The summed E-state index contributed by atoms with van der Waals surface area (Å²) in [5, 5.41) is 0. The van der Waals surface area contributed by atoms with Crippen molar-refractivity contribution in [1.29, 1.82) is 0 Å². The molecule has 0 spiro atoms. The van der Waals surface area contributed by atoms with E-state index < -0.39 is 14.5 Å². The van der Waals surface area contributed by atoms with Crippen LogP contribution in [0.3, 0.4) is 0 Å². The molecule has 0 aliphatic carbocycles. The average molecular weight is 865 g/mol. The molecule has 12 nitrogen and oxygen atoms in total. The Bertz CT molecular complexity index is 1720. The number of nitrogens with zero attached hydrogens (tertiary/aromatic N) is 8. The van der Waals surface area contributed by atoms with Crippen LogP contribution in [0.25, 0.3) is 34.4 Å². The average Bonchev–Trinajstić information content (AvgIpc) is 3.18. The zero-order chi connectivity index (χ0) is 40.0.